The molecule has 1 N–H and O–H groups in total. The van der Waals surface area contributed by atoms with Gasteiger partial charge in [-0.2, -0.15) is 5.10 Å². The Morgan fingerprint density at radius 1 is 1.16 bits per heavy atom. The van der Waals surface area contributed by atoms with Crippen LogP contribution in [-0.4, -0.2) is 36.4 Å². The first kappa shape index (κ1) is 31.3. The molecule has 1 atom stereocenters. The number of thiazole rings is 1. The number of nitrogens with zero attached hydrogens (tertiary/aromatic N) is 4. The van der Waals surface area contributed by atoms with Gasteiger partial charge in [0.05, 0.1) is 33.2 Å². The molecule has 0 radical (unpaired) electrons. The van der Waals surface area contributed by atoms with Crippen molar-refractivity contribution in [1.29, 1.82) is 0 Å². The highest BCUT2D eigenvalue weighted by atomic mass is 35.5. The molecular weight excluding hydrogens is 592 g/mol. The number of benzene rings is 2. The van der Waals surface area contributed by atoms with Crippen molar-refractivity contribution >= 4 is 55.6 Å². The van der Waals surface area contributed by atoms with Gasteiger partial charge in [-0.15, -0.1) is 11.3 Å². The predicted octanol–water partition coefficient (Wildman–Crippen LogP) is 9.18. The topological polar surface area (TPSA) is 90.1 Å². The van der Waals surface area contributed by atoms with Gasteiger partial charge in [-0.05, 0) is 94.7 Å². The number of carboxylic acid groups (broad SMARTS) is 1. The van der Waals surface area contributed by atoms with Crippen LogP contribution in [0.4, 0.5) is 0 Å². The van der Waals surface area contributed by atoms with Crippen LogP contribution in [0.15, 0.2) is 72.6 Å². The molecule has 2 aromatic carbocycles. The molecule has 0 amide bonds. The Labute approximate surface area is 266 Å². The monoisotopic (exact) mass is 626 g/mol. The first-order valence-corrected chi connectivity index (χ1v) is 15.4. The smallest absolute Gasteiger partial charge is 0.337 e. The number of rotatable bonds is 8. The molecule has 3 heterocycles. The highest BCUT2D eigenvalue weighted by Crippen LogP contribution is 2.43. The number of hydrogen-bond acceptors (Lipinski definition) is 6. The van der Waals surface area contributed by atoms with Crippen molar-refractivity contribution in [3.63, 3.8) is 0 Å². The van der Waals surface area contributed by atoms with E-state index in [2.05, 4.69) is 30.7 Å². The first-order chi connectivity index (χ1) is 20.8. The van der Waals surface area contributed by atoms with Gasteiger partial charge in [-0.3, -0.25) is 9.67 Å². The van der Waals surface area contributed by atoms with Crippen LogP contribution >= 0.6 is 22.9 Å². The Morgan fingerprint density at radius 3 is 2.57 bits per heavy atom. The zero-order valence-electron chi connectivity index (χ0n) is 25.9. The number of ether oxygens (including phenoxy) is 1. The normalized spacial score (nSPS) is 13.3. The van der Waals surface area contributed by atoms with Crippen molar-refractivity contribution in [3.8, 4) is 21.8 Å². The molecule has 0 aliphatic carbocycles. The number of carbonyl (C=O) groups is 1. The number of carboxylic acids is 1. The maximum absolute atomic E-state index is 12.7. The van der Waals surface area contributed by atoms with Gasteiger partial charge < -0.3 is 9.84 Å². The number of aliphatic carboxylic acids is 1. The quantitative estimate of drug-likeness (QED) is 0.173. The molecular formula is C35H35ClN4O3S. The summed E-state index contributed by atoms with van der Waals surface area (Å²) in [6.45, 7) is 15.2. The summed E-state index contributed by atoms with van der Waals surface area (Å²) in [5.74, 6) is -1.06. The molecule has 0 fully saturated rings. The number of aryl methyl sites for hydroxylation is 3. The summed E-state index contributed by atoms with van der Waals surface area (Å²) in [7, 11) is 1.93. The molecule has 5 aromatic rings. The van der Waals surface area contributed by atoms with E-state index in [0.717, 1.165) is 65.2 Å². The van der Waals surface area contributed by atoms with Crippen LogP contribution in [0.2, 0.25) is 0 Å². The lowest BCUT2D eigenvalue weighted by Crippen LogP contribution is -2.28. The Balaban J connectivity index is 1.72. The number of pyridine rings is 1. The molecule has 0 unspecified atom stereocenters. The van der Waals surface area contributed by atoms with Crippen molar-refractivity contribution < 1.29 is 14.6 Å². The lowest BCUT2D eigenvalue weighted by atomic mass is 9.90. The molecule has 0 aliphatic rings. The molecule has 3 aromatic heterocycles. The van der Waals surface area contributed by atoms with Gasteiger partial charge >= 0.3 is 5.97 Å². The van der Waals surface area contributed by atoms with E-state index >= 15 is 0 Å². The third kappa shape index (κ3) is 6.24. The van der Waals surface area contributed by atoms with Crippen LogP contribution in [0.25, 0.3) is 48.5 Å². The molecule has 44 heavy (non-hydrogen) atoms. The maximum Gasteiger partial charge on any atom is 0.337 e. The summed E-state index contributed by atoms with van der Waals surface area (Å²) in [4.78, 5) is 22.4. The fourth-order valence-electron chi connectivity index (χ4n) is 5.34. The van der Waals surface area contributed by atoms with Crippen molar-refractivity contribution in [3.05, 3.63) is 94.8 Å². The molecule has 0 aliphatic heterocycles. The van der Waals surface area contributed by atoms with Gasteiger partial charge in [-0.25, -0.2) is 9.78 Å². The van der Waals surface area contributed by atoms with Gasteiger partial charge in [0.15, 0.2) is 6.10 Å². The van der Waals surface area contributed by atoms with Gasteiger partial charge in [0.2, 0.25) is 0 Å². The predicted molar refractivity (Wildman–Crippen MR) is 181 cm³/mol. The van der Waals surface area contributed by atoms with Gasteiger partial charge in [0.25, 0.3) is 0 Å². The number of allylic oxidation sites excluding steroid dienone is 5. The van der Waals surface area contributed by atoms with Gasteiger partial charge in [0, 0.05) is 45.9 Å². The Bertz CT molecular complexity index is 1990. The van der Waals surface area contributed by atoms with Crippen LogP contribution in [0.3, 0.4) is 0 Å². The summed E-state index contributed by atoms with van der Waals surface area (Å²) in [6, 6.07) is 10.2. The summed E-state index contributed by atoms with van der Waals surface area (Å²) >= 11 is 7.61. The molecule has 7 nitrogen and oxygen atoms in total. The fourth-order valence-corrected chi connectivity index (χ4v) is 6.52. The maximum atomic E-state index is 12.7. The minimum atomic E-state index is -1.19. The number of halogens is 1. The van der Waals surface area contributed by atoms with Crippen molar-refractivity contribution in [1.82, 2.24) is 19.7 Å². The van der Waals surface area contributed by atoms with E-state index in [4.69, 9.17) is 26.3 Å². The third-order valence-electron chi connectivity index (χ3n) is 7.30. The van der Waals surface area contributed by atoms with Crippen LogP contribution in [0, 0.1) is 13.8 Å². The van der Waals surface area contributed by atoms with Crippen LogP contribution < -0.4 is 0 Å². The summed E-state index contributed by atoms with van der Waals surface area (Å²) in [5.41, 5.74) is 7.93. The second-order valence-electron chi connectivity index (χ2n) is 11.7. The minimum absolute atomic E-state index is 0.365. The Hall–Kier alpha value is -4.11. The summed E-state index contributed by atoms with van der Waals surface area (Å²) in [5, 5.41) is 17.0. The van der Waals surface area contributed by atoms with E-state index in [1.807, 2.05) is 82.9 Å². The molecule has 0 spiro atoms. The lowest BCUT2D eigenvalue weighted by Gasteiger charge is -2.28. The largest absolute Gasteiger partial charge is 0.479 e. The zero-order valence-corrected chi connectivity index (χ0v) is 27.5. The fraction of sp³-hybridized carbons (Fsp3) is 0.257. The molecule has 5 rings (SSSR count). The van der Waals surface area contributed by atoms with Crippen molar-refractivity contribution in [2.75, 3.05) is 0 Å². The Morgan fingerprint density at radius 2 is 1.91 bits per heavy atom. The van der Waals surface area contributed by atoms with Crippen LogP contribution in [0.1, 0.15) is 56.1 Å². The summed E-state index contributed by atoms with van der Waals surface area (Å²) < 4.78 is 8.87. The second-order valence-corrected chi connectivity index (χ2v) is 13.2. The molecule has 0 saturated heterocycles. The van der Waals surface area contributed by atoms with Crippen LogP contribution in [0.5, 0.6) is 0 Å². The average Bonchev–Trinajstić information content (AvgIpc) is 3.54. The van der Waals surface area contributed by atoms with Crippen LogP contribution in [-0.2, 0) is 16.6 Å². The first-order valence-electron chi connectivity index (χ1n) is 14.2. The van der Waals surface area contributed by atoms with Gasteiger partial charge in [0.1, 0.15) is 5.01 Å². The minimum Gasteiger partial charge on any atom is -0.479 e. The van der Waals surface area contributed by atoms with E-state index < -0.39 is 17.7 Å². The summed E-state index contributed by atoms with van der Waals surface area (Å²) in [6.07, 6.45) is 7.95. The van der Waals surface area contributed by atoms with E-state index in [0.29, 0.717) is 10.6 Å². The Kier molecular flexibility index (Phi) is 8.62. The SMILES string of the molecule is C=C(Cl)/C=C\C(=C/C)c1c([C@H](OC(C)(C)C)C(=O)O)c(C)cc2nc(-c3ccnc(-c4cc5cnn(C)c5cc4C)c3)sc12. The van der Waals surface area contributed by atoms with Crippen molar-refractivity contribution in [2.45, 2.75) is 53.2 Å². The molecule has 226 valence electrons. The molecule has 9 heteroatoms. The van der Waals surface area contributed by atoms with E-state index in [-0.39, 0.29) is 0 Å². The highest BCUT2D eigenvalue weighted by molar-refractivity contribution is 7.22. The van der Waals surface area contributed by atoms with Crippen molar-refractivity contribution in [2.24, 2.45) is 7.05 Å². The number of aromatic nitrogens is 4. The standard InChI is InChI=1S/C35H35ClN4O3S/c1-9-22(11-10-21(4)36)30-29(31(34(41)42)43-35(5,6)7)20(3)14-27-32(30)44-33(39-27)23-12-13-37-26(17-23)25-16-24-18-38-40(8)28(24)15-19(25)2/h9-18,31H,4H2,1-3,5-8H3,(H,41,42)/b11-10-,22-9+/t31-/m0/s1. The van der Waals surface area contributed by atoms with E-state index in [1.54, 1.807) is 12.3 Å². The lowest BCUT2D eigenvalue weighted by molar-refractivity contribution is -0.160. The van der Waals surface area contributed by atoms with Gasteiger partial charge in [-0.1, -0.05) is 30.3 Å². The highest BCUT2D eigenvalue weighted by Gasteiger charge is 2.32. The number of hydrogen-bond donors (Lipinski definition) is 1. The van der Waals surface area contributed by atoms with E-state index in [1.165, 1.54) is 11.3 Å². The zero-order chi connectivity index (χ0) is 31.9. The van der Waals surface area contributed by atoms with E-state index in [9.17, 15) is 9.90 Å². The molecule has 0 bridgehead atoms. The average molecular weight is 627 g/mol. The molecule has 0 saturated carbocycles. The number of fused-ring (bicyclic) bond motifs is 2. The third-order valence-corrected chi connectivity index (χ3v) is 8.57. The second kappa shape index (κ2) is 12.1.